The molecule has 2 amide bonds. The van der Waals surface area contributed by atoms with E-state index in [4.69, 9.17) is 0 Å². The molecule has 1 saturated heterocycles. The van der Waals surface area contributed by atoms with Crippen molar-refractivity contribution in [3.63, 3.8) is 0 Å². The third kappa shape index (κ3) is 5.42. The number of carbonyl (C=O) groups is 1. The van der Waals surface area contributed by atoms with Crippen LogP contribution in [0.1, 0.15) is 12.5 Å². The molecule has 0 unspecified atom stereocenters. The van der Waals surface area contributed by atoms with Gasteiger partial charge in [0.15, 0.2) is 0 Å². The Bertz CT molecular complexity index is 531. The van der Waals surface area contributed by atoms with Crippen molar-refractivity contribution >= 4 is 6.03 Å². The van der Waals surface area contributed by atoms with Gasteiger partial charge in [-0.1, -0.05) is 0 Å². The summed E-state index contributed by atoms with van der Waals surface area (Å²) in [6.45, 7) is 2.10. The highest BCUT2D eigenvalue weighted by molar-refractivity contribution is 5.74. The van der Waals surface area contributed by atoms with Gasteiger partial charge >= 0.3 is 12.2 Å². The highest BCUT2D eigenvalue weighted by Gasteiger charge is 2.35. The molecule has 9 heteroatoms. The smallest absolute Gasteiger partial charge is 0.338 e. The van der Waals surface area contributed by atoms with E-state index in [-0.39, 0.29) is 18.6 Å². The van der Waals surface area contributed by atoms with Crippen molar-refractivity contribution in [2.24, 2.45) is 7.05 Å². The number of amides is 2. The lowest BCUT2D eigenvalue weighted by Gasteiger charge is -2.39. The first-order valence-corrected chi connectivity index (χ1v) is 7.56. The quantitative estimate of drug-likeness (QED) is 0.902. The molecule has 0 saturated carbocycles. The molecule has 1 aliphatic heterocycles. The predicted octanol–water partition coefficient (Wildman–Crippen LogP) is 1.24. The lowest BCUT2D eigenvalue weighted by molar-refractivity contribution is -0.153. The number of nitrogens with one attached hydrogen (secondary N) is 1. The summed E-state index contributed by atoms with van der Waals surface area (Å²) in [5.74, 6) is 0. The molecule has 23 heavy (non-hydrogen) atoms. The second-order valence-electron chi connectivity index (χ2n) is 5.88. The molecule has 0 aliphatic carbocycles. The van der Waals surface area contributed by atoms with Crippen LogP contribution in [-0.4, -0.2) is 70.6 Å². The Morgan fingerprint density at radius 3 is 2.74 bits per heavy atom. The van der Waals surface area contributed by atoms with Crippen molar-refractivity contribution in [1.82, 2.24) is 24.9 Å². The summed E-state index contributed by atoms with van der Waals surface area (Å²) in [6.07, 6.45) is 0.0832. The summed E-state index contributed by atoms with van der Waals surface area (Å²) < 4.78 is 39.1. The van der Waals surface area contributed by atoms with E-state index >= 15 is 0 Å². The van der Waals surface area contributed by atoms with Crippen LogP contribution in [0, 0.1) is 0 Å². The van der Waals surface area contributed by atoms with E-state index < -0.39 is 12.7 Å². The number of piperazine rings is 1. The van der Waals surface area contributed by atoms with Gasteiger partial charge < -0.3 is 10.2 Å². The second kappa shape index (κ2) is 7.20. The summed E-state index contributed by atoms with van der Waals surface area (Å²) in [4.78, 5) is 15.0. The Kier molecular flexibility index (Phi) is 5.51. The van der Waals surface area contributed by atoms with Gasteiger partial charge in [0.2, 0.25) is 0 Å². The van der Waals surface area contributed by atoms with Crippen molar-refractivity contribution in [1.29, 1.82) is 0 Å². The minimum atomic E-state index is -4.21. The van der Waals surface area contributed by atoms with Crippen LogP contribution >= 0.6 is 0 Å². The lowest BCUT2D eigenvalue weighted by atomic mass is 10.2. The number of nitrogens with zero attached hydrogens (tertiary/aromatic N) is 4. The van der Waals surface area contributed by atoms with Gasteiger partial charge in [0.05, 0.1) is 12.7 Å². The number of carbonyl (C=O) groups excluding carboxylic acids is 1. The summed E-state index contributed by atoms with van der Waals surface area (Å²) >= 11 is 0. The number of aryl methyl sites for hydroxylation is 1. The molecule has 6 nitrogen and oxygen atoms in total. The van der Waals surface area contributed by atoms with Gasteiger partial charge in [0.25, 0.3) is 0 Å². The molecule has 1 N–H and O–H groups in total. The normalized spacial score (nSPS) is 19.9. The standard InChI is InChI=1S/C14H22F3N5O/c1-11-8-21(5-6-22(11)10-14(15,16)17)13(23)18-4-3-12-7-19-20(2)9-12/h7,9,11H,3-6,8,10H2,1-2H3,(H,18,23)/t11-/m0/s1. The molecule has 2 heterocycles. The zero-order valence-corrected chi connectivity index (χ0v) is 13.3. The maximum Gasteiger partial charge on any atom is 0.401 e. The van der Waals surface area contributed by atoms with Gasteiger partial charge in [-0.2, -0.15) is 18.3 Å². The van der Waals surface area contributed by atoms with Crippen LogP contribution in [0.25, 0.3) is 0 Å². The Morgan fingerprint density at radius 2 is 2.17 bits per heavy atom. The molecular weight excluding hydrogens is 311 g/mol. The molecule has 1 fully saturated rings. The van der Waals surface area contributed by atoms with Crippen LogP contribution < -0.4 is 5.32 Å². The highest BCUT2D eigenvalue weighted by atomic mass is 19.4. The van der Waals surface area contributed by atoms with Gasteiger partial charge in [-0.3, -0.25) is 9.58 Å². The summed E-state index contributed by atoms with van der Waals surface area (Å²) in [6, 6.07) is -0.540. The van der Waals surface area contributed by atoms with Crippen LogP contribution in [0.4, 0.5) is 18.0 Å². The lowest BCUT2D eigenvalue weighted by Crippen LogP contribution is -2.57. The van der Waals surface area contributed by atoms with E-state index in [0.717, 1.165) is 5.56 Å². The van der Waals surface area contributed by atoms with Crippen molar-refractivity contribution < 1.29 is 18.0 Å². The van der Waals surface area contributed by atoms with Crippen LogP contribution in [-0.2, 0) is 13.5 Å². The highest BCUT2D eigenvalue weighted by Crippen LogP contribution is 2.20. The molecule has 2 rings (SSSR count). The number of halogens is 3. The number of hydrogen-bond donors (Lipinski definition) is 1. The van der Waals surface area contributed by atoms with Gasteiger partial charge in [-0.05, 0) is 18.9 Å². The van der Waals surface area contributed by atoms with E-state index in [1.807, 2.05) is 13.2 Å². The van der Waals surface area contributed by atoms with Gasteiger partial charge in [-0.25, -0.2) is 4.79 Å². The number of aromatic nitrogens is 2. The number of hydrogen-bond acceptors (Lipinski definition) is 3. The maximum atomic E-state index is 12.5. The Labute approximate surface area is 133 Å². The third-order valence-corrected chi connectivity index (χ3v) is 3.88. The molecule has 0 radical (unpaired) electrons. The molecule has 1 atom stereocenters. The average Bonchev–Trinajstić information content (AvgIpc) is 2.85. The van der Waals surface area contributed by atoms with E-state index in [9.17, 15) is 18.0 Å². The first-order chi connectivity index (χ1) is 10.7. The SMILES string of the molecule is C[C@H]1CN(C(=O)NCCc2cnn(C)c2)CCN1CC(F)(F)F. The summed E-state index contributed by atoms with van der Waals surface area (Å²) in [5, 5.41) is 6.85. The third-order valence-electron chi connectivity index (χ3n) is 3.88. The van der Waals surface area contributed by atoms with E-state index in [1.165, 1.54) is 4.90 Å². The van der Waals surface area contributed by atoms with Crippen molar-refractivity contribution in [3.05, 3.63) is 18.0 Å². The monoisotopic (exact) mass is 333 g/mol. The van der Waals surface area contributed by atoms with Crippen LogP contribution in [0.2, 0.25) is 0 Å². The van der Waals surface area contributed by atoms with Crippen LogP contribution in [0.5, 0.6) is 0 Å². The van der Waals surface area contributed by atoms with Crippen molar-refractivity contribution in [2.45, 2.75) is 25.6 Å². The van der Waals surface area contributed by atoms with Gasteiger partial charge in [0.1, 0.15) is 0 Å². The average molecular weight is 333 g/mol. The Morgan fingerprint density at radius 1 is 1.43 bits per heavy atom. The molecule has 1 aromatic heterocycles. The maximum absolute atomic E-state index is 12.5. The number of alkyl halides is 3. The van der Waals surface area contributed by atoms with Crippen molar-refractivity contribution in [3.8, 4) is 0 Å². The fourth-order valence-electron chi connectivity index (χ4n) is 2.67. The van der Waals surface area contributed by atoms with E-state index in [0.29, 0.717) is 26.1 Å². The molecule has 0 spiro atoms. The molecule has 1 aliphatic rings. The predicted molar refractivity (Wildman–Crippen MR) is 79.0 cm³/mol. The Balaban J connectivity index is 1.74. The molecule has 0 aromatic carbocycles. The molecule has 1 aromatic rings. The minimum absolute atomic E-state index is 0.229. The van der Waals surface area contributed by atoms with E-state index in [2.05, 4.69) is 10.4 Å². The zero-order valence-electron chi connectivity index (χ0n) is 13.3. The van der Waals surface area contributed by atoms with Crippen LogP contribution in [0.15, 0.2) is 12.4 Å². The first-order valence-electron chi connectivity index (χ1n) is 7.56. The summed E-state index contributed by atoms with van der Waals surface area (Å²) in [5.41, 5.74) is 1.02. The minimum Gasteiger partial charge on any atom is -0.338 e. The molecule has 130 valence electrons. The van der Waals surface area contributed by atoms with Crippen LogP contribution in [0.3, 0.4) is 0 Å². The zero-order chi connectivity index (χ0) is 17.0. The second-order valence-corrected chi connectivity index (χ2v) is 5.88. The summed E-state index contributed by atoms with van der Waals surface area (Å²) in [7, 11) is 1.82. The largest absolute Gasteiger partial charge is 0.401 e. The molecular formula is C14H22F3N5O. The van der Waals surface area contributed by atoms with Gasteiger partial charge in [0, 0.05) is 45.5 Å². The first kappa shape index (κ1) is 17.6. The number of rotatable bonds is 4. The number of urea groups is 1. The topological polar surface area (TPSA) is 53.4 Å². The fourth-order valence-corrected chi connectivity index (χ4v) is 2.67. The van der Waals surface area contributed by atoms with Crippen molar-refractivity contribution in [2.75, 3.05) is 32.7 Å². The van der Waals surface area contributed by atoms with Gasteiger partial charge in [-0.15, -0.1) is 0 Å². The van der Waals surface area contributed by atoms with E-state index in [1.54, 1.807) is 22.7 Å². The Hall–Kier alpha value is -1.77. The fraction of sp³-hybridized carbons (Fsp3) is 0.714. The molecule has 0 bridgehead atoms.